The van der Waals surface area contributed by atoms with Crippen molar-refractivity contribution < 1.29 is 4.57 Å². The van der Waals surface area contributed by atoms with Crippen LogP contribution in [-0.4, -0.2) is 4.98 Å². The van der Waals surface area contributed by atoms with E-state index in [0.717, 1.165) is 59.5 Å². The van der Waals surface area contributed by atoms with Gasteiger partial charge in [-0.25, -0.2) is 0 Å². The fourth-order valence-corrected chi connectivity index (χ4v) is 8.79. The second-order valence-electron chi connectivity index (χ2n) is 9.48. The van der Waals surface area contributed by atoms with E-state index in [1.165, 1.54) is 0 Å². The lowest BCUT2D eigenvalue weighted by Gasteiger charge is -2.25. The second kappa shape index (κ2) is 9.10. The summed E-state index contributed by atoms with van der Waals surface area (Å²) in [5.74, 6) is 0. The van der Waals surface area contributed by atoms with Crippen molar-refractivity contribution in [2.24, 2.45) is 0 Å². The van der Waals surface area contributed by atoms with E-state index >= 15 is 4.57 Å². The van der Waals surface area contributed by atoms with E-state index in [4.69, 9.17) is 4.98 Å². The van der Waals surface area contributed by atoms with E-state index in [2.05, 4.69) is 60.7 Å². The molecule has 0 fully saturated rings. The van der Waals surface area contributed by atoms with Crippen molar-refractivity contribution in [1.29, 1.82) is 0 Å². The number of hydrogen-bond donors (Lipinski definition) is 0. The van der Waals surface area contributed by atoms with Gasteiger partial charge in [-0.3, -0.25) is 4.98 Å². The van der Waals surface area contributed by atoms with Gasteiger partial charge in [-0.15, -0.1) is 0 Å². The molecule has 2 nitrogen and oxygen atoms in total. The maximum Gasteiger partial charge on any atom is 0.172 e. The fourth-order valence-electron chi connectivity index (χ4n) is 5.72. The van der Waals surface area contributed by atoms with Crippen LogP contribution < -0.4 is 15.9 Å². The quantitative estimate of drug-likeness (QED) is 0.180. The van der Waals surface area contributed by atoms with Gasteiger partial charge in [0.05, 0.1) is 5.52 Å². The third-order valence-corrected chi connectivity index (χ3v) is 10.5. The van der Waals surface area contributed by atoms with Crippen LogP contribution in [0.4, 0.5) is 0 Å². The van der Waals surface area contributed by atoms with E-state index < -0.39 is 7.14 Å². The SMILES string of the molecule is O=P(c1ccccc1)(c1ccccc1)c1c2ccccc2c(-c2cccc3cccnc23)c2ccccc12. The Kier molecular flexibility index (Phi) is 5.43. The van der Waals surface area contributed by atoms with Crippen molar-refractivity contribution in [3.8, 4) is 11.1 Å². The van der Waals surface area contributed by atoms with Gasteiger partial charge in [0.1, 0.15) is 0 Å². The molecule has 1 heterocycles. The summed E-state index contributed by atoms with van der Waals surface area (Å²) in [7, 11) is -3.24. The highest BCUT2D eigenvalue weighted by molar-refractivity contribution is 7.86. The minimum atomic E-state index is -3.24. The molecule has 0 bridgehead atoms. The van der Waals surface area contributed by atoms with Crippen molar-refractivity contribution in [1.82, 2.24) is 4.98 Å². The third-order valence-electron chi connectivity index (χ3n) is 7.36. The zero-order valence-corrected chi connectivity index (χ0v) is 21.6. The van der Waals surface area contributed by atoms with Crippen molar-refractivity contribution in [2.45, 2.75) is 0 Å². The summed E-state index contributed by atoms with van der Waals surface area (Å²) >= 11 is 0. The number of aromatic nitrogens is 1. The number of para-hydroxylation sites is 1. The van der Waals surface area contributed by atoms with Crippen molar-refractivity contribution in [3.63, 3.8) is 0 Å². The van der Waals surface area contributed by atoms with Crippen LogP contribution in [0.2, 0.25) is 0 Å². The zero-order chi connectivity index (χ0) is 25.5. The number of nitrogens with zero attached hydrogens (tertiary/aromatic N) is 1. The molecule has 6 aromatic carbocycles. The molecular weight excluding hydrogens is 481 g/mol. The van der Waals surface area contributed by atoms with Gasteiger partial charge in [0.25, 0.3) is 0 Å². The van der Waals surface area contributed by atoms with Gasteiger partial charge < -0.3 is 4.57 Å². The summed E-state index contributed by atoms with van der Waals surface area (Å²) in [5.41, 5.74) is 3.17. The molecule has 0 aliphatic rings. The standard InChI is InChI=1S/C35H24NOP/c37-38(26-15-3-1-4-16-26,27-17-5-2-6-18-27)35-30-21-9-7-19-28(30)33(29-20-8-10-22-31(29)35)32-23-11-13-25-14-12-24-36-34(25)32/h1-24H. The zero-order valence-electron chi connectivity index (χ0n) is 20.7. The Labute approximate surface area is 221 Å². The summed E-state index contributed by atoms with van der Waals surface area (Å²) < 4.78 is 15.7. The fraction of sp³-hybridized carbons (Fsp3) is 0. The molecule has 0 aliphatic carbocycles. The molecule has 0 N–H and O–H groups in total. The molecule has 7 rings (SSSR count). The Morgan fingerprint density at radius 1 is 0.474 bits per heavy atom. The molecule has 3 heteroatoms. The summed E-state index contributed by atoms with van der Waals surface area (Å²) in [5, 5.41) is 7.81. The minimum absolute atomic E-state index is 0.834. The molecular formula is C35H24NOP. The molecule has 0 aliphatic heterocycles. The predicted molar refractivity (Wildman–Crippen MR) is 162 cm³/mol. The first-order valence-corrected chi connectivity index (χ1v) is 14.5. The maximum atomic E-state index is 15.7. The maximum absolute atomic E-state index is 15.7. The highest BCUT2D eigenvalue weighted by atomic mass is 31.2. The van der Waals surface area contributed by atoms with Crippen molar-refractivity contribution in [2.75, 3.05) is 0 Å². The average molecular weight is 506 g/mol. The summed E-state index contributed by atoms with van der Waals surface area (Å²) in [4.78, 5) is 4.78. The topological polar surface area (TPSA) is 30.0 Å². The highest BCUT2D eigenvalue weighted by Crippen LogP contribution is 2.49. The first-order valence-electron chi connectivity index (χ1n) is 12.8. The van der Waals surface area contributed by atoms with Gasteiger partial charge >= 0.3 is 0 Å². The predicted octanol–water partition coefficient (Wildman–Crippen LogP) is 7.85. The lowest BCUT2D eigenvalue weighted by molar-refractivity contribution is 0.593. The lowest BCUT2D eigenvalue weighted by Crippen LogP contribution is -2.26. The molecule has 0 unspecified atom stereocenters. The van der Waals surface area contributed by atoms with Gasteiger partial charge in [-0.2, -0.15) is 0 Å². The Balaban J connectivity index is 1.70. The molecule has 0 spiro atoms. The van der Waals surface area contributed by atoms with Crippen LogP contribution in [0.1, 0.15) is 0 Å². The van der Waals surface area contributed by atoms with Crippen molar-refractivity contribution in [3.05, 3.63) is 146 Å². The molecule has 7 aromatic rings. The molecule has 1 aromatic heterocycles. The number of rotatable bonds is 4. The molecule has 38 heavy (non-hydrogen) atoms. The minimum Gasteiger partial charge on any atom is -0.309 e. The summed E-state index contributed by atoms with van der Waals surface area (Å²) in [6, 6.07) is 47.1. The molecule has 0 atom stereocenters. The van der Waals surface area contributed by atoms with Crippen LogP contribution >= 0.6 is 7.14 Å². The lowest BCUT2D eigenvalue weighted by atomic mass is 9.91. The summed E-state index contributed by atoms with van der Waals surface area (Å²) in [6.07, 6.45) is 1.85. The van der Waals surface area contributed by atoms with Gasteiger partial charge in [0.2, 0.25) is 0 Å². The van der Waals surface area contributed by atoms with Crippen molar-refractivity contribution >= 4 is 55.5 Å². The van der Waals surface area contributed by atoms with Crippen LogP contribution in [0, 0.1) is 0 Å². The smallest absolute Gasteiger partial charge is 0.172 e. The third kappa shape index (κ3) is 3.42. The van der Waals surface area contributed by atoms with Gasteiger partial charge in [-0.1, -0.05) is 133 Å². The Morgan fingerprint density at radius 3 is 1.55 bits per heavy atom. The van der Waals surface area contributed by atoms with Crippen LogP contribution in [0.5, 0.6) is 0 Å². The number of benzene rings is 6. The second-order valence-corrected chi connectivity index (χ2v) is 12.2. The molecule has 0 saturated carbocycles. The normalized spacial score (nSPS) is 11.8. The number of fused-ring (bicyclic) bond motifs is 3. The van der Waals surface area contributed by atoms with Crippen LogP contribution in [0.3, 0.4) is 0 Å². The Morgan fingerprint density at radius 2 is 0.974 bits per heavy atom. The molecule has 0 saturated heterocycles. The largest absolute Gasteiger partial charge is 0.309 e. The molecule has 0 amide bonds. The first kappa shape index (κ1) is 22.7. The van der Waals surface area contributed by atoms with Gasteiger partial charge in [0.15, 0.2) is 7.14 Å². The van der Waals surface area contributed by atoms with Crippen LogP contribution in [-0.2, 0) is 4.57 Å². The molecule has 180 valence electrons. The first-order chi connectivity index (χ1) is 18.8. The van der Waals surface area contributed by atoms with Crippen LogP contribution in [0.25, 0.3) is 43.6 Å². The average Bonchev–Trinajstić information content (AvgIpc) is 3.00. The number of pyridine rings is 1. The van der Waals surface area contributed by atoms with Gasteiger partial charge in [0, 0.05) is 33.1 Å². The van der Waals surface area contributed by atoms with E-state index in [1.54, 1.807) is 0 Å². The van der Waals surface area contributed by atoms with E-state index in [9.17, 15) is 0 Å². The Hall–Kier alpha value is -4.52. The monoisotopic (exact) mass is 505 g/mol. The van der Waals surface area contributed by atoms with E-state index in [0.29, 0.717) is 0 Å². The highest BCUT2D eigenvalue weighted by Gasteiger charge is 2.34. The van der Waals surface area contributed by atoms with Gasteiger partial charge in [-0.05, 0) is 33.2 Å². The van der Waals surface area contributed by atoms with E-state index in [1.807, 2.05) is 85.1 Å². The number of hydrogen-bond acceptors (Lipinski definition) is 2. The molecule has 0 radical (unpaired) electrons. The van der Waals surface area contributed by atoms with E-state index in [-0.39, 0.29) is 0 Å². The Bertz CT molecular complexity index is 1890. The summed E-state index contributed by atoms with van der Waals surface area (Å²) in [6.45, 7) is 0. The van der Waals surface area contributed by atoms with Crippen LogP contribution in [0.15, 0.2) is 146 Å².